The number of furan rings is 1. The molecule has 0 bridgehead atoms. The van der Waals surface area contributed by atoms with Gasteiger partial charge in [-0.3, -0.25) is 4.98 Å². The van der Waals surface area contributed by atoms with Crippen molar-refractivity contribution in [3.05, 3.63) is 85.2 Å². The zero-order chi connectivity index (χ0) is 16.2. The minimum absolute atomic E-state index is 0.575. The quantitative estimate of drug-likeness (QED) is 0.770. The summed E-state index contributed by atoms with van der Waals surface area (Å²) >= 11 is 0. The smallest absolute Gasteiger partial charge is 0.201 e. The summed E-state index contributed by atoms with van der Waals surface area (Å²) in [5.74, 6) is 1.26. The van der Waals surface area contributed by atoms with Gasteiger partial charge in [-0.05, 0) is 30.3 Å². The topological polar surface area (TPSA) is 88.2 Å². The van der Waals surface area contributed by atoms with E-state index in [2.05, 4.69) is 25.6 Å². The number of rotatable bonds is 3. The first-order valence-corrected chi connectivity index (χ1v) is 7.37. The lowest BCUT2D eigenvalue weighted by atomic mass is 9.89. The van der Waals surface area contributed by atoms with Crippen molar-refractivity contribution in [1.82, 2.24) is 20.3 Å². The van der Waals surface area contributed by atoms with Crippen molar-refractivity contribution in [2.45, 2.75) is 5.54 Å². The maximum absolute atomic E-state index is 5.65. The molecule has 3 aromatic rings. The molecule has 0 aliphatic carbocycles. The summed E-state index contributed by atoms with van der Waals surface area (Å²) < 4.78 is 5.65. The highest BCUT2D eigenvalue weighted by atomic mass is 16.3. The molecule has 4 rings (SSSR count). The third-order valence-electron chi connectivity index (χ3n) is 3.65. The Morgan fingerprint density at radius 2 is 1.96 bits per heavy atom. The molecule has 1 unspecified atom stereocenters. The van der Waals surface area contributed by atoms with Gasteiger partial charge in [-0.15, -0.1) is 0 Å². The Balaban J connectivity index is 1.79. The third kappa shape index (κ3) is 2.52. The second kappa shape index (κ2) is 5.96. The molecule has 1 aliphatic heterocycles. The molecule has 7 heteroatoms. The SMILES string of the molecule is C1=CC(c2cncnc2)(c2ccco2)N=C(Nc2cccnc2)N1. The predicted molar refractivity (Wildman–Crippen MR) is 89.1 cm³/mol. The number of nitrogens with one attached hydrogen (secondary N) is 2. The summed E-state index contributed by atoms with van der Waals surface area (Å²) in [6, 6.07) is 7.48. The summed E-state index contributed by atoms with van der Waals surface area (Å²) in [5.41, 5.74) is 0.806. The van der Waals surface area contributed by atoms with Crippen molar-refractivity contribution in [1.29, 1.82) is 0 Å². The molecule has 4 heterocycles. The lowest BCUT2D eigenvalue weighted by molar-refractivity contribution is 0.440. The van der Waals surface area contributed by atoms with Gasteiger partial charge >= 0.3 is 0 Å². The van der Waals surface area contributed by atoms with Crippen LogP contribution in [-0.2, 0) is 5.54 Å². The summed E-state index contributed by atoms with van der Waals surface area (Å²) in [4.78, 5) is 17.2. The minimum Gasteiger partial charge on any atom is -0.466 e. The molecule has 0 fully saturated rings. The van der Waals surface area contributed by atoms with Gasteiger partial charge < -0.3 is 15.1 Å². The van der Waals surface area contributed by atoms with Gasteiger partial charge in [0.05, 0.1) is 18.1 Å². The summed E-state index contributed by atoms with van der Waals surface area (Å²) in [7, 11) is 0. The Bertz CT molecular complexity index is 861. The second-order valence-corrected chi connectivity index (χ2v) is 5.18. The molecule has 0 amide bonds. The molecule has 0 radical (unpaired) electrons. The van der Waals surface area contributed by atoms with Gasteiger partial charge in [0, 0.05) is 30.4 Å². The van der Waals surface area contributed by atoms with E-state index in [1.165, 1.54) is 6.33 Å². The van der Waals surface area contributed by atoms with Crippen LogP contribution in [0.25, 0.3) is 0 Å². The number of pyridine rings is 1. The fraction of sp³-hybridized carbons (Fsp3) is 0.0588. The van der Waals surface area contributed by atoms with Crippen molar-refractivity contribution in [3.63, 3.8) is 0 Å². The average Bonchev–Trinajstić information content (AvgIpc) is 3.19. The first-order valence-electron chi connectivity index (χ1n) is 7.37. The molecule has 1 atom stereocenters. The first-order chi connectivity index (χ1) is 11.9. The Morgan fingerprint density at radius 1 is 1.04 bits per heavy atom. The molecule has 24 heavy (non-hydrogen) atoms. The summed E-state index contributed by atoms with van der Waals surface area (Å²) in [6.45, 7) is 0. The average molecular weight is 318 g/mol. The Kier molecular flexibility index (Phi) is 3.51. The van der Waals surface area contributed by atoms with Crippen LogP contribution in [0.4, 0.5) is 5.69 Å². The molecule has 0 aromatic carbocycles. The Hall–Kier alpha value is -3.48. The van der Waals surface area contributed by atoms with Crippen LogP contribution in [0.5, 0.6) is 0 Å². The lowest BCUT2D eigenvalue weighted by Crippen LogP contribution is -2.37. The molecule has 7 nitrogen and oxygen atoms in total. The molecule has 118 valence electrons. The molecule has 3 aromatic heterocycles. The number of nitrogens with zero attached hydrogens (tertiary/aromatic N) is 4. The molecule has 0 saturated heterocycles. The van der Waals surface area contributed by atoms with E-state index in [9.17, 15) is 0 Å². The fourth-order valence-corrected chi connectivity index (χ4v) is 2.56. The standard InChI is InChI=1S/C17H14N6O/c1-3-14(11-18-6-1)22-16-21-7-5-17(23-16,15-4-2-8-24-15)13-9-19-12-20-10-13/h1-12H,(H2,21,22,23). The monoisotopic (exact) mass is 318 g/mol. The molecular weight excluding hydrogens is 304 g/mol. The highest BCUT2D eigenvalue weighted by Gasteiger charge is 2.37. The highest BCUT2D eigenvalue weighted by Crippen LogP contribution is 2.36. The van der Waals surface area contributed by atoms with E-state index < -0.39 is 5.54 Å². The van der Waals surface area contributed by atoms with E-state index in [-0.39, 0.29) is 0 Å². The van der Waals surface area contributed by atoms with Crippen LogP contribution in [0.3, 0.4) is 0 Å². The van der Waals surface area contributed by atoms with Crippen molar-refractivity contribution in [2.75, 3.05) is 5.32 Å². The van der Waals surface area contributed by atoms with Gasteiger partial charge in [-0.1, -0.05) is 0 Å². The zero-order valence-electron chi connectivity index (χ0n) is 12.6. The van der Waals surface area contributed by atoms with Crippen LogP contribution in [0.15, 0.2) is 83.3 Å². The third-order valence-corrected chi connectivity index (χ3v) is 3.65. The van der Waals surface area contributed by atoms with E-state index in [0.717, 1.165) is 11.3 Å². The maximum Gasteiger partial charge on any atom is 0.201 e. The van der Waals surface area contributed by atoms with E-state index in [1.54, 1.807) is 31.1 Å². The van der Waals surface area contributed by atoms with Crippen LogP contribution in [0, 0.1) is 0 Å². The van der Waals surface area contributed by atoms with Crippen LogP contribution >= 0.6 is 0 Å². The molecular formula is C17H14N6O. The zero-order valence-corrected chi connectivity index (χ0v) is 12.6. The largest absolute Gasteiger partial charge is 0.466 e. The van der Waals surface area contributed by atoms with Gasteiger partial charge in [0.25, 0.3) is 0 Å². The van der Waals surface area contributed by atoms with Gasteiger partial charge in [0.1, 0.15) is 12.1 Å². The number of aliphatic imine (C=N–C) groups is 1. The van der Waals surface area contributed by atoms with Gasteiger partial charge in [-0.25, -0.2) is 15.0 Å². The number of aromatic nitrogens is 3. The highest BCUT2D eigenvalue weighted by molar-refractivity contribution is 5.95. The van der Waals surface area contributed by atoms with Gasteiger partial charge in [-0.2, -0.15) is 0 Å². The normalized spacial score (nSPS) is 19.4. The predicted octanol–water partition coefficient (Wildman–Crippen LogP) is 2.29. The molecule has 0 saturated carbocycles. The van der Waals surface area contributed by atoms with Gasteiger partial charge in [0.2, 0.25) is 5.96 Å². The lowest BCUT2D eigenvalue weighted by Gasteiger charge is -2.28. The number of guanidine groups is 1. The fourth-order valence-electron chi connectivity index (χ4n) is 2.56. The summed E-state index contributed by atoms with van der Waals surface area (Å²) in [6.07, 6.45) is 13.8. The van der Waals surface area contributed by atoms with Crippen LogP contribution in [-0.4, -0.2) is 20.9 Å². The van der Waals surface area contributed by atoms with E-state index in [1.807, 2.05) is 36.5 Å². The number of hydrogen-bond acceptors (Lipinski definition) is 7. The van der Waals surface area contributed by atoms with Crippen molar-refractivity contribution >= 4 is 11.6 Å². The van der Waals surface area contributed by atoms with Crippen molar-refractivity contribution < 1.29 is 4.42 Å². The first kappa shape index (κ1) is 14.1. The van der Waals surface area contributed by atoms with Gasteiger partial charge in [0.15, 0.2) is 5.54 Å². The Labute approximate surface area is 138 Å². The van der Waals surface area contributed by atoms with Crippen LogP contribution < -0.4 is 10.6 Å². The van der Waals surface area contributed by atoms with Crippen molar-refractivity contribution in [2.24, 2.45) is 4.99 Å². The Morgan fingerprint density at radius 3 is 2.71 bits per heavy atom. The molecule has 2 N–H and O–H groups in total. The van der Waals surface area contributed by atoms with Crippen LogP contribution in [0.2, 0.25) is 0 Å². The maximum atomic E-state index is 5.65. The van der Waals surface area contributed by atoms with E-state index in [4.69, 9.17) is 9.41 Å². The molecule has 1 aliphatic rings. The number of anilines is 1. The minimum atomic E-state index is -0.833. The van der Waals surface area contributed by atoms with E-state index in [0.29, 0.717) is 11.7 Å². The van der Waals surface area contributed by atoms with Crippen molar-refractivity contribution in [3.8, 4) is 0 Å². The number of hydrogen-bond donors (Lipinski definition) is 2. The van der Waals surface area contributed by atoms with Crippen LogP contribution in [0.1, 0.15) is 11.3 Å². The second-order valence-electron chi connectivity index (χ2n) is 5.18. The van der Waals surface area contributed by atoms with E-state index >= 15 is 0 Å². The molecule has 0 spiro atoms. The summed E-state index contributed by atoms with van der Waals surface area (Å²) in [5, 5.41) is 6.31.